The van der Waals surface area contributed by atoms with Gasteiger partial charge in [0.25, 0.3) is 0 Å². The molecular weight excluding hydrogens is 323 g/mol. The highest BCUT2D eigenvalue weighted by atomic mass is 35.5. The zero-order valence-electron chi connectivity index (χ0n) is 10.5. The maximum Gasteiger partial charge on any atom is 0.238 e. The Morgan fingerprint density at radius 3 is 2.75 bits per heavy atom. The van der Waals surface area contributed by atoms with Gasteiger partial charge in [-0.25, -0.2) is 8.42 Å². The number of benzene rings is 1. The van der Waals surface area contributed by atoms with Crippen molar-refractivity contribution in [2.75, 3.05) is 23.4 Å². The zero-order valence-corrected chi connectivity index (χ0v) is 12.9. The molecule has 0 aromatic heterocycles. The predicted molar refractivity (Wildman–Crippen MR) is 80.2 cm³/mol. The number of sulfone groups is 1. The molecule has 0 spiro atoms. The molecule has 1 atom stereocenters. The molecule has 1 unspecified atom stereocenters. The number of rotatable bonds is 4. The van der Waals surface area contributed by atoms with Gasteiger partial charge in [-0.1, -0.05) is 23.2 Å². The lowest BCUT2D eigenvalue weighted by atomic mass is 10.2. The van der Waals surface area contributed by atoms with Gasteiger partial charge in [0.05, 0.1) is 28.8 Å². The minimum absolute atomic E-state index is 0.0308. The molecule has 1 aromatic carbocycles. The van der Waals surface area contributed by atoms with Crippen LogP contribution in [0.3, 0.4) is 0 Å². The van der Waals surface area contributed by atoms with Gasteiger partial charge in [-0.2, -0.15) is 0 Å². The molecule has 2 rings (SSSR count). The summed E-state index contributed by atoms with van der Waals surface area (Å²) in [6.45, 7) is 0.0308. The molecule has 5 nitrogen and oxygen atoms in total. The van der Waals surface area contributed by atoms with Crippen molar-refractivity contribution in [2.24, 2.45) is 0 Å². The Bertz CT molecular complexity index is 619. The van der Waals surface area contributed by atoms with Crippen LogP contribution in [0.25, 0.3) is 0 Å². The van der Waals surface area contributed by atoms with Gasteiger partial charge in [0.2, 0.25) is 5.91 Å². The summed E-state index contributed by atoms with van der Waals surface area (Å²) >= 11 is 11.8. The van der Waals surface area contributed by atoms with E-state index < -0.39 is 9.84 Å². The Kier molecular flexibility index (Phi) is 4.90. The van der Waals surface area contributed by atoms with Crippen molar-refractivity contribution >= 4 is 44.6 Å². The molecule has 0 radical (unpaired) electrons. The zero-order chi connectivity index (χ0) is 14.8. The molecule has 0 aliphatic carbocycles. The molecule has 110 valence electrons. The van der Waals surface area contributed by atoms with E-state index in [2.05, 4.69) is 10.6 Å². The second-order valence-electron chi connectivity index (χ2n) is 4.65. The predicted octanol–water partition coefficient (Wildman–Crippen LogP) is 1.71. The van der Waals surface area contributed by atoms with E-state index in [1.807, 2.05) is 0 Å². The number of nitrogens with one attached hydrogen (secondary N) is 2. The van der Waals surface area contributed by atoms with Crippen LogP contribution in [-0.2, 0) is 14.6 Å². The molecule has 0 saturated carbocycles. The molecule has 1 aromatic rings. The van der Waals surface area contributed by atoms with Gasteiger partial charge in [-0.15, -0.1) is 0 Å². The van der Waals surface area contributed by atoms with Gasteiger partial charge in [0.1, 0.15) is 0 Å². The second-order valence-corrected chi connectivity index (χ2v) is 7.73. The summed E-state index contributed by atoms with van der Waals surface area (Å²) in [5, 5.41) is 6.42. The number of amides is 1. The first-order valence-electron chi connectivity index (χ1n) is 6.04. The lowest BCUT2D eigenvalue weighted by molar-refractivity contribution is -0.115. The van der Waals surface area contributed by atoms with Crippen LogP contribution < -0.4 is 10.6 Å². The Labute approximate surface area is 127 Å². The maximum absolute atomic E-state index is 11.8. The molecule has 1 aliphatic rings. The Balaban J connectivity index is 1.85. The Hall–Kier alpha value is -0.820. The minimum atomic E-state index is -2.95. The van der Waals surface area contributed by atoms with Crippen LogP contribution in [0.15, 0.2) is 18.2 Å². The van der Waals surface area contributed by atoms with Crippen LogP contribution >= 0.6 is 23.2 Å². The van der Waals surface area contributed by atoms with Gasteiger partial charge in [-0.3, -0.25) is 4.79 Å². The number of anilines is 1. The molecule has 8 heteroatoms. The van der Waals surface area contributed by atoms with Crippen molar-refractivity contribution in [1.29, 1.82) is 0 Å². The second kappa shape index (κ2) is 6.30. The fourth-order valence-electron chi connectivity index (χ4n) is 1.98. The molecule has 1 saturated heterocycles. The van der Waals surface area contributed by atoms with E-state index in [0.29, 0.717) is 22.2 Å². The fourth-order valence-corrected chi connectivity index (χ4v) is 4.03. The van der Waals surface area contributed by atoms with Gasteiger partial charge >= 0.3 is 0 Å². The van der Waals surface area contributed by atoms with E-state index in [1.54, 1.807) is 18.2 Å². The molecule has 1 aliphatic heterocycles. The molecular formula is C12H14Cl2N2O3S. The highest BCUT2D eigenvalue weighted by Gasteiger charge is 2.27. The standard InChI is InChI=1S/C12H14Cl2N2O3S/c13-8-1-2-10(14)11(5-8)16-12(17)6-15-9-3-4-20(18,19)7-9/h1-2,5,9,15H,3-4,6-7H2,(H,16,17). The van der Waals surface area contributed by atoms with Crippen LogP contribution in [0.1, 0.15) is 6.42 Å². The number of carbonyl (C=O) groups excluding carboxylic acids is 1. The lowest BCUT2D eigenvalue weighted by Gasteiger charge is -2.11. The van der Waals surface area contributed by atoms with Gasteiger partial charge in [-0.05, 0) is 24.6 Å². The monoisotopic (exact) mass is 336 g/mol. The van der Waals surface area contributed by atoms with E-state index in [9.17, 15) is 13.2 Å². The third-order valence-electron chi connectivity index (χ3n) is 2.99. The normalized spacial score (nSPS) is 20.8. The first kappa shape index (κ1) is 15.6. The first-order chi connectivity index (χ1) is 9.35. The van der Waals surface area contributed by atoms with Crippen LogP contribution in [-0.4, -0.2) is 38.4 Å². The number of halogens is 2. The summed E-state index contributed by atoms with van der Waals surface area (Å²) in [7, 11) is -2.95. The van der Waals surface area contributed by atoms with Crippen molar-refractivity contribution in [3.8, 4) is 0 Å². The molecule has 2 N–H and O–H groups in total. The van der Waals surface area contributed by atoms with Crippen LogP contribution in [0.4, 0.5) is 5.69 Å². The molecule has 1 fully saturated rings. The van der Waals surface area contributed by atoms with Crippen molar-refractivity contribution in [3.63, 3.8) is 0 Å². The SMILES string of the molecule is O=C(CNC1CCS(=O)(=O)C1)Nc1cc(Cl)ccc1Cl. The van der Waals surface area contributed by atoms with Gasteiger partial charge in [0.15, 0.2) is 9.84 Å². The van der Waals surface area contributed by atoms with Crippen molar-refractivity contribution < 1.29 is 13.2 Å². The summed E-state index contributed by atoms with van der Waals surface area (Å²) in [6, 6.07) is 4.61. The average molecular weight is 337 g/mol. The topological polar surface area (TPSA) is 75.3 Å². The number of hydrogen-bond acceptors (Lipinski definition) is 4. The van der Waals surface area contributed by atoms with E-state index in [1.165, 1.54) is 0 Å². The van der Waals surface area contributed by atoms with E-state index in [4.69, 9.17) is 23.2 Å². The van der Waals surface area contributed by atoms with Crippen LogP contribution in [0, 0.1) is 0 Å². The lowest BCUT2D eigenvalue weighted by Crippen LogP contribution is -2.36. The Morgan fingerprint density at radius 1 is 1.35 bits per heavy atom. The van der Waals surface area contributed by atoms with Crippen molar-refractivity contribution in [3.05, 3.63) is 28.2 Å². The van der Waals surface area contributed by atoms with Crippen LogP contribution in [0.2, 0.25) is 10.0 Å². The third-order valence-corrected chi connectivity index (χ3v) is 5.32. The number of hydrogen-bond donors (Lipinski definition) is 2. The van der Waals surface area contributed by atoms with Crippen molar-refractivity contribution in [1.82, 2.24) is 5.32 Å². The van der Waals surface area contributed by atoms with E-state index in [0.717, 1.165) is 0 Å². The average Bonchev–Trinajstić information content (AvgIpc) is 2.71. The van der Waals surface area contributed by atoms with Crippen molar-refractivity contribution in [2.45, 2.75) is 12.5 Å². The fraction of sp³-hybridized carbons (Fsp3) is 0.417. The molecule has 1 amide bonds. The van der Waals surface area contributed by atoms with Crippen LogP contribution in [0.5, 0.6) is 0 Å². The Morgan fingerprint density at radius 2 is 2.10 bits per heavy atom. The summed E-state index contributed by atoms with van der Waals surface area (Å²) in [6.07, 6.45) is 0.535. The number of carbonyl (C=O) groups is 1. The highest BCUT2D eigenvalue weighted by molar-refractivity contribution is 7.91. The quantitative estimate of drug-likeness (QED) is 0.877. The van der Waals surface area contributed by atoms with E-state index in [-0.39, 0.29) is 30.0 Å². The smallest absolute Gasteiger partial charge is 0.238 e. The highest BCUT2D eigenvalue weighted by Crippen LogP contribution is 2.25. The van der Waals surface area contributed by atoms with Gasteiger partial charge < -0.3 is 10.6 Å². The summed E-state index contributed by atoms with van der Waals surface area (Å²) in [4.78, 5) is 11.8. The molecule has 0 bridgehead atoms. The van der Waals surface area contributed by atoms with E-state index >= 15 is 0 Å². The molecule has 1 heterocycles. The minimum Gasteiger partial charge on any atom is -0.324 e. The molecule has 20 heavy (non-hydrogen) atoms. The first-order valence-corrected chi connectivity index (χ1v) is 8.62. The maximum atomic E-state index is 11.8. The summed E-state index contributed by atoms with van der Waals surface area (Å²) in [5.74, 6) is -0.0385. The summed E-state index contributed by atoms with van der Waals surface area (Å²) in [5.41, 5.74) is 0.435. The largest absolute Gasteiger partial charge is 0.324 e. The third kappa shape index (κ3) is 4.34. The summed E-state index contributed by atoms with van der Waals surface area (Å²) < 4.78 is 22.6. The van der Waals surface area contributed by atoms with Gasteiger partial charge in [0, 0.05) is 11.1 Å².